The second kappa shape index (κ2) is 11.4. The average molecular weight is 392 g/mol. The van der Waals surface area contributed by atoms with Crippen LogP contribution in [0.2, 0.25) is 0 Å². The van der Waals surface area contributed by atoms with Crippen LogP contribution in [0.25, 0.3) is 0 Å². The van der Waals surface area contributed by atoms with Gasteiger partial charge in [-0.15, -0.1) is 0 Å². The first-order valence-corrected chi connectivity index (χ1v) is 7.38. The number of carboxylic acids is 3. The zero-order chi connectivity index (χ0) is 21.1. The molecule has 27 heavy (non-hydrogen) atoms. The third-order valence-corrected chi connectivity index (χ3v) is 2.98. The van der Waals surface area contributed by atoms with Crippen LogP contribution in [0.3, 0.4) is 0 Å². The Morgan fingerprint density at radius 2 is 1.37 bits per heavy atom. The molecule has 0 aliphatic carbocycles. The molecule has 0 saturated heterocycles. The van der Waals surface area contributed by atoms with Gasteiger partial charge < -0.3 is 42.1 Å². The van der Waals surface area contributed by atoms with Gasteiger partial charge in [-0.3, -0.25) is 24.0 Å². The van der Waals surface area contributed by atoms with Crippen LogP contribution < -0.4 is 21.7 Å². The normalized spacial score (nSPS) is 13.6. The van der Waals surface area contributed by atoms with E-state index in [0.717, 1.165) is 0 Å². The van der Waals surface area contributed by atoms with E-state index < -0.39 is 79.7 Å². The molecule has 0 aliphatic rings. The van der Waals surface area contributed by atoms with Crippen LogP contribution >= 0.6 is 0 Å². The minimum Gasteiger partial charge on any atom is -0.481 e. The van der Waals surface area contributed by atoms with Crippen LogP contribution in [0, 0.1) is 0 Å². The number of hydrogen-bond donors (Lipinski definition) is 8. The van der Waals surface area contributed by atoms with Gasteiger partial charge in [0.05, 0.1) is 32.0 Å². The number of amides is 3. The Bertz CT molecular complexity index is 608. The Labute approximate surface area is 151 Å². The molecule has 14 heteroatoms. The van der Waals surface area contributed by atoms with E-state index in [1.165, 1.54) is 0 Å². The fourth-order valence-corrected chi connectivity index (χ4v) is 1.66. The maximum atomic E-state index is 11.8. The van der Waals surface area contributed by atoms with Crippen molar-refractivity contribution in [2.24, 2.45) is 5.73 Å². The molecule has 0 spiro atoms. The predicted molar refractivity (Wildman–Crippen MR) is 84.1 cm³/mol. The minimum absolute atomic E-state index is 0.714. The number of aliphatic hydroxyl groups excluding tert-OH is 1. The van der Waals surface area contributed by atoms with Crippen molar-refractivity contribution in [3.63, 3.8) is 0 Å². The maximum Gasteiger partial charge on any atom is 0.326 e. The Balaban J connectivity index is 4.60. The van der Waals surface area contributed by atoms with E-state index in [0.29, 0.717) is 0 Å². The molecule has 3 unspecified atom stereocenters. The first kappa shape index (κ1) is 23.7. The summed E-state index contributed by atoms with van der Waals surface area (Å²) in [6.45, 7) is -1.66. The standard InChI is InChI=1S/C13H20N4O10/c14-5(1-9(20)21)11(24)17-7(4-18)12(25)15-3-8(19)16-6(13(26)27)2-10(22)23/h5-7,18H,1-4,14H2,(H,15,25)(H,16,19)(H,17,24)(H,20,21)(H,22,23)(H,26,27). The summed E-state index contributed by atoms with van der Waals surface area (Å²) in [4.78, 5) is 66.8. The molecule has 0 aliphatic heterocycles. The Hall–Kier alpha value is -3.26. The average Bonchev–Trinajstić information content (AvgIpc) is 2.55. The molecule has 0 bridgehead atoms. The molecule has 0 rings (SSSR count). The number of aliphatic carboxylic acids is 3. The van der Waals surface area contributed by atoms with Gasteiger partial charge in [-0.2, -0.15) is 0 Å². The third-order valence-electron chi connectivity index (χ3n) is 2.98. The van der Waals surface area contributed by atoms with Gasteiger partial charge in [0.15, 0.2) is 0 Å². The topological polar surface area (TPSA) is 245 Å². The van der Waals surface area contributed by atoms with Gasteiger partial charge in [0.25, 0.3) is 0 Å². The number of nitrogens with two attached hydrogens (primary N) is 1. The van der Waals surface area contributed by atoms with E-state index >= 15 is 0 Å². The summed E-state index contributed by atoms with van der Waals surface area (Å²) in [5.41, 5.74) is 5.29. The van der Waals surface area contributed by atoms with E-state index in [1.807, 2.05) is 16.0 Å². The smallest absolute Gasteiger partial charge is 0.326 e. The van der Waals surface area contributed by atoms with E-state index in [1.54, 1.807) is 0 Å². The Kier molecular flexibility index (Phi) is 10.0. The lowest BCUT2D eigenvalue weighted by atomic mass is 10.2. The summed E-state index contributed by atoms with van der Waals surface area (Å²) in [6, 6.07) is -4.73. The third kappa shape index (κ3) is 9.71. The van der Waals surface area contributed by atoms with E-state index in [-0.39, 0.29) is 0 Å². The zero-order valence-electron chi connectivity index (χ0n) is 13.9. The molecule has 0 aromatic carbocycles. The lowest BCUT2D eigenvalue weighted by Gasteiger charge is -2.18. The van der Waals surface area contributed by atoms with Crippen molar-refractivity contribution in [2.75, 3.05) is 13.2 Å². The highest BCUT2D eigenvalue weighted by atomic mass is 16.4. The van der Waals surface area contributed by atoms with E-state index in [4.69, 9.17) is 26.2 Å². The summed E-state index contributed by atoms with van der Waals surface area (Å²) < 4.78 is 0. The summed E-state index contributed by atoms with van der Waals surface area (Å²) in [7, 11) is 0. The lowest BCUT2D eigenvalue weighted by molar-refractivity contribution is -0.147. The fourth-order valence-electron chi connectivity index (χ4n) is 1.66. The summed E-state index contributed by atoms with van der Waals surface area (Å²) in [5, 5.41) is 40.8. The van der Waals surface area contributed by atoms with E-state index in [9.17, 15) is 28.8 Å². The predicted octanol–water partition coefficient (Wildman–Crippen LogP) is -4.57. The second-order valence-electron chi connectivity index (χ2n) is 5.22. The Morgan fingerprint density at radius 3 is 1.81 bits per heavy atom. The number of hydrogen-bond acceptors (Lipinski definition) is 8. The largest absolute Gasteiger partial charge is 0.481 e. The van der Waals surface area contributed by atoms with Crippen molar-refractivity contribution in [2.45, 2.75) is 31.0 Å². The molecular weight excluding hydrogens is 372 g/mol. The number of aliphatic hydroxyl groups is 1. The molecule has 3 amide bonds. The summed E-state index contributed by atoms with van der Waals surface area (Å²) in [5.74, 6) is -7.49. The van der Waals surface area contributed by atoms with Crippen molar-refractivity contribution >= 4 is 35.6 Å². The monoisotopic (exact) mass is 392 g/mol. The van der Waals surface area contributed by atoms with Gasteiger partial charge in [-0.1, -0.05) is 0 Å². The number of carboxylic acid groups (broad SMARTS) is 3. The SMILES string of the molecule is NC(CC(=O)O)C(=O)NC(CO)C(=O)NCC(=O)NC(CC(=O)O)C(=O)O. The van der Waals surface area contributed by atoms with Crippen LogP contribution in [-0.4, -0.2) is 87.3 Å². The second-order valence-corrected chi connectivity index (χ2v) is 5.22. The van der Waals surface area contributed by atoms with Gasteiger partial charge in [0, 0.05) is 0 Å². The molecule has 0 fully saturated rings. The van der Waals surface area contributed by atoms with Crippen LogP contribution in [0.5, 0.6) is 0 Å². The van der Waals surface area contributed by atoms with Crippen LogP contribution in [0.1, 0.15) is 12.8 Å². The van der Waals surface area contributed by atoms with Crippen molar-refractivity contribution in [1.82, 2.24) is 16.0 Å². The first-order chi connectivity index (χ1) is 12.5. The van der Waals surface area contributed by atoms with Crippen molar-refractivity contribution < 1.29 is 49.2 Å². The zero-order valence-corrected chi connectivity index (χ0v) is 13.9. The van der Waals surface area contributed by atoms with Crippen LogP contribution in [-0.2, 0) is 28.8 Å². The molecule has 0 radical (unpaired) electrons. The first-order valence-electron chi connectivity index (χ1n) is 7.38. The number of carbonyl (C=O) groups excluding carboxylic acids is 3. The Morgan fingerprint density at radius 1 is 0.815 bits per heavy atom. The molecule has 152 valence electrons. The number of nitrogens with one attached hydrogen (secondary N) is 3. The summed E-state index contributed by atoms with van der Waals surface area (Å²) >= 11 is 0. The number of carbonyl (C=O) groups is 6. The quantitative estimate of drug-likeness (QED) is 0.157. The minimum atomic E-state index is -1.71. The molecule has 0 heterocycles. The van der Waals surface area contributed by atoms with Gasteiger partial charge in [-0.25, -0.2) is 4.79 Å². The highest BCUT2D eigenvalue weighted by molar-refractivity contribution is 5.93. The molecule has 0 saturated carbocycles. The van der Waals surface area contributed by atoms with Gasteiger partial charge in [0.2, 0.25) is 17.7 Å². The van der Waals surface area contributed by atoms with Crippen LogP contribution in [0.4, 0.5) is 0 Å². The van der Waals surface area contributed by atoms with Crippen LogP contribution in [0.15, 0.2) is 0 Å². The molecule has 0 aromatic heterocycles. The fraction of sp³-hybridized carbons (Fsp3) is 0.538. The maximum absolute atomic E-state index is 11.8. The molecule has 0 aromatic rings. The highest BCUT2D eigenvalue weighted by Gasteiger charge is 2.26. The van der Waals surface area contributed by atoms with Gasteiger partial charge in [0.1, 0.15) is 12.1 Å². The number of rotatable bonds is 12. The highest BCUT2D eigenvalue weighted by Crippen LogP contribution is 1.94. The summed E-state index contributed by atoms with van der Waals surface area (Å²) in [6.07, 6.45) is -1.60. The van der Waals surface area contributed by atoms with Crippen molar-refractivity contribution in [3.05, 3.63) is 0 Å². The lowest BCUT2D eigenvalue weighted by Crippen LogP contribution is -2.55. The van der Waals surface area contributed by atoms with Crippen molar-refractivity contribution in [3.8, 4) is 0 Å². The van der Waals surface area contributed by atoms with Gasteiger partial charge in [-0.05, 0) is 0 Å². The van der Waals surface area contributed by atoms with E-state index in [2.05, 4.69) is 0 Å². The molecular formula is C13H20N4O10. The molecule has 9 N–H and O–H groups in total. The molecule has 3 atom stereocenters. The van der Waals surface area contributed by atoms with Crippen molar-refractivity contribution in [1.29, 1.82) is 0 Å². The molecule has 14 nitrogen and oxygen atoms in total. The van der Waals surface area contributed by atoms with Gasteiger partial charge >= 0.3 is 17.9 Å².